The fourth-order valence-corrected chi connectivity index (χ4v) is 1.73. The van der Waals surface area contributed by atoms with Gasteiger partial charge in [-0.3, -0.25) is 10.1 Å². The first-order valence-corrected chi connectivity index (χ1v) is 4.61. The highest BCUT2D eigenvalue weighted by molar-refractivity contribution is 5.77. The lowest BCUT2D eigenvalue weighted by Gasteiger charge is -2.20. The summed E-state index contributed by atoms with van der Waals surface area (Å²) >= 11 is 0. The van der Waals surface area contributed by atoms with Crippen molar-refractivity contribution >= 4 is 5.91 Å². The standard InChI is InChI=1S/C11H12NO/c13-11-8-10(6-7-12-11)9-4-2-1-3-5-9/h1-5,10H,6-8H2. The topological polar surface area (TPSA) is 31.2 Å². The molecule has 1 fully saturated rings. The van der Waals surface area contributed by atoms with Crippen LogP contribution in [0.2, 0.25) is 0 Å². The summed E-state index contributed by atoms with van der Waals surface area (Å²) in [5.74, 6) is 0.450. The lowest BCUT2D eigenvalue weighted by atomic mass is 9.90. The molecule has 67 valence electrons. The van der Waals surface area contributed by atoms with Crippen molar-refractivity contribution in [1.82, 2.24) is 5.32 Å². The number of amides is 1. The minimum atomic E-state index is 0.0557. The van der Waals surface area contributed by atoms with E-state index >= 15 is 0 Å². The van der Waals surface area contributed by atoms with Crippen LogP contribution in [0.5, 0.6) is 0 Å². The van der Waals surface area contributed by atoms with Crippen LogP contribution in [-0.4, -0.2) is 12.5 Å². The zero-order valence-corrected chi connectivity index (χ0v) is 7.44. The maximum atomic E-state index is 11.1. The third-order valence-electron chi connectivity index (χ3n) is 2.46. The van der Waals surface area contributed by atoms with E-state index in [4.69, 9.17) is 0 Å². The van der Waals surface area contributed by atoms with E-state index in [1.165, 1.54) is 5.56 Å². The quantitative estimate of drug-likeness (QED) is 0.637. The van der Waals surface area contributed by atoms with Gasteiger partial charge in [-0.05, 0) is 17.9 Å². The fourth-order valence-electron chi connectivity index (χ4n) is 1.73. The minimum Gasteiger partial charge on any atom is -0.273 e. The Morgan fingerprint density at radius 2 is 2.00 bits per heavy atom. The number of carbonyl (C=O) groups excluding carboxylic acids is 1. The van der Waals surface area contributed by atoms with Crippen molar-refractivity contribution in [1.29, 1.82) is 0 Å². The zero-order chi connectivity index (χ0) is 9.10. The number of hydrogen-bond donors (Lipinski definition) is 0. The SMILES string of the molecule is O=C1CC(c2ccccc2)CC[N]1. The molecule has 1 radical (unpaired) electrons. The molecule has 0 aliphatic carbocycles. The first-order valence-electron chi connectivity index (χ1n) is 4.61. The third kappa shape index (κ3) is 1.89. The molecular formula is C11H12NO. The van der Waals surface area contributed by atoms with E-state index in [2.05, 4.69) is 17.4 Å². The van der Waals surface area contributed by atoms with Crippen molar-refractivity contribution < 1.29 is 4.79 Å². The van der Waals surface area contributed by atoms with Crippen LogP contribution in [0.25, 0.3) is 0 Å². The van der Waals surface area contributed by atoms with Crippen LogP contribution < -0.4 is 5.32 Å². The van der Waals surface area contributed by atoms with Gasteiger partial charge in [-0.2, -0.15) is 0 Å². The maximum absolute atomic E-state index is 11.1. The van der Waals surface area contributed by atoms with E-state index in [1.54, 1.807) is 0 Å². The smallest absolute Gasteiger partial charge is 0.241 e. The summed E-state index contributed by atoms with van der Waals surface area (Å²) in [6.45, 7) is 0.693. The molecule has 1 aromatic carbocycles. The van der Waals surface area contributed by atoms with E-state index in [1.807, 2.05) is 18.2 Å². The van der Waals surface area contributed by atoms with Gasteiger partial charge in [0.25, 0.3) is 0 Å². The highest BCUT2D eigenvalue weighted by atomic mass is 16.1. The average Bonchev–Trinajstić information content (AvgIpc) is 2.19. The summed E-state index contributed by atoms with van der Waals surface area (Å²) in [7, 11) is 0. The third-order valence-corrected chi connectivity index (χ3v) is 2.46. The predicted molar refractivity (Wildman–Crippen MR) is 50.4 cm³/mol. The molecule has 1 atom stereocenters. The molecule has 1 unspecified atom stereocenters. The Morgan fingerprint density at radius 1 is 1.23 bits per heavy atom. The van der Waals surface area contributed by atoms with Crippen molar-refractivity contribution in [2.24, 2.45) is 0 Å². The van der Waals surface area contributed by atoms with Crippen LogP contribution in [0.1, 0.15) is 24.3 Å². The number of hydrogen-bond acceptors (Lipinski definition) is 1. The van der Waals surface area contributed by atoms with Gasteiger partial charge in [0.15, 0.2) is 0 Å². The van der Waals surface area contributed by atoms with Gasteiger partial charge in [0, 0.05) is 13.0 Å². The Morgan fingerprint density at radius 3 is 2.69 bits per heavy atom. The highest BCUT2D eigenvalue weighted by Gasteiger charge is 2.21. The van der Waals surface area contributed by atoms with E-state index in [0.717, 1.165) is 6.42 Å². The molecule has 1 saturated heterocycles. The Kier molecular flexibility index (Phi) is 2.30. The van der Waals surface area contributed by atoms with E-state index < -0.39 is 0 Å². The van der Waals surface area contributed by atoms with Gasteiger partial charge >= 0.3 is 0 Å². The van der Waals surface area contributed by atoms with Gasteiger partial charge in [0.1, 0.15) is 0 Å². The first-order chi connectivity index (χ1) is 6.36. The molecule has 2 rings (SSSR count). The molecule has 2 nitrogen and oxygen atoms in total. The van der Waals surface area contributed by atoms with Gasteiger partial charge in [0.2, 0.25) is 5.91 Å². The molecule has 0 N–H and O–H groups in total. The number of carbonyl (C=O) groups is 1. The Balaban J connectivity index is 2.13. The summed E-state index contributed by atoms with van der Waals surface area (Å²) in [5.41, 5.74) is 1.27. The van der Waals surface area contributed by atoms with Crippen LogP contribution in [0.3, 0.4) is 0 Å². The van der Waals surface area contributed by atoms with Crippen LogP contribution >= 0.6 is 0 Å². The number of benzene rings is 1. The fraction of sp³-hybridized carbons (Fsp3) is 0.364. The lowest BCUT2D eigenvalue weighted by Crippen LogP contribution is -2.26. The van der Waals surface area contributed by atoms with Gasteiger partial charge in [-0.25, -0.2) is 0 Å². The first kappa shape index (κ1) is 8.30. The lowest BCUT2D eigenvalue weighted by molar-refractivity contribution is -0.122. The van der Waals surface area contributed by atoms with Crippen molar-refractivity contribution in [3.05, 3.63) is 35.9 Å². The van der Waals surface area contributed by atoms with Crippen LogP contribution in [-0.2, 0) is 4.79 Å². The van der Waals surface area contributed by atoms with Gasteiger partial charge in [0.05, 0.1) is 0 Å². The summed E-state index contributed by atoms with van der Waals surface area (Å²) in [5, 5.41) is 3.87. The molecular weight excluding hydrogens is 162 g/mol. The zero-order valence-electron chi connectivity index (χ0n) is 7.44. The average molecular weight is 174 g/mol. The second-order valence-electron chi connectivity index (χ2n) is 3.38. The molecule has 0 bridgehead atoms. The normalized spacial score (nSPS) is 22.5. The summed E-state index contributed by atoms with van der Waals surface area (Å²) in [6.07, 6.45) is 1.60. The van der Waals surface area contributed by atoms with Gasteiger partial charge < -0.3 is 0 Å². The van der Waals surface area contributed by atoms with Crippen molar-refractivity contribution in [2.75, 3.05) is 6.54 Å². The van der Waals surface area contributed by atoms with Crippen LogP contribution in [0.15, 0.2) is 30.3 Å². The number of piperidine rings is 1. The Hall–Kier alpha value is -1.31. The van der Waals surface area contributed by atoms with Crippen molar-refractivity contribution in [2.45, 2.75) is 18.8 Å². The molecule has 13 heavy (non-hydrogen) atoms. The molecule has 1 aromatic rings. The molecule has 0 aromatic heterocycles. The molecule has 1 heterocycles. The molecule has 1 aliphatic rings. The molecule has 1 aliphatic heterocycles. The molecule has 2 heteroatoms. The minimum absolute atomic E-state index is 0.0557. The Bertz CT molecular complexity index is 294. The van der Waals surface area contributed by atoms with Crippen LogP contribution in [0.4, 0.5) is 0 Å². The predicted octanol–water partition coefficient (Wildman–Crippen LogP) is 1.70. The van der Waals surface area contributed by atoms with E-state index in [0.29, 0.717) is 18.9 Å². The van der Waals surface area contributed by atoms with Crippen LogP contribution in [0, 0.1) is 0 Å². The second-order valence-corrected chi connectivity index (χ2v) is 3.38. The van der Waals surface area contributed by atoms with Gasteiger partial charge in [-0.15, -0.1) is 0 Å². The van der Waals surface area contributed by atoms with Crippen molar-refractivity contribution in [3.8, 4) is 0 Å². The summed E-state index contributed by atoms with van der Waals surface area (Å²) < 4.78 is 0. The molecule has 1 amide bonds. The second kappa shape index (κ2) is 3.60. The molecule has 0 spiro atoms. The van der Waals surface area contributed by atoms with E-state index in [-0.39, 0.29) is 5.91 Å². The summed E-state index contributed by atoms with van der Waals surface area (Å²) in [4.78, 5) is 11.1. The number of rotatable bonds is 1. The largest absolute Gasteiger partial charge is 0.273 e. The maximum Gasteiger partial charge on any atom is 0.241 e. The van der Waals surface area contributed by atoms with Gasteiger partial charge in [-0.1, -0.05) is 30.3 Å². The number of nitrogens with zero attached hydrogens (tertiary/aromatic N) is 1. The molecule has 0 saturated carbocycles. The highest BCUT2D eigenvalue weighted by Crippen LogP contribution is 2.25. The Labute approximate surface area is 78.0 Å². The van der Waals surface area contributed by atoms with Crippen molar-refractivity contribution in [3.63, 3.8) is 0 Å². The monoisotopic (exact) mass is 174 g/mol. The summed E-state index contributed by atoms with van der Waals surface area (Å²) in [6, 6.07) is 10.2. The van der Waals surface area contributed by atoms with E-state index in [9.17, 15) is 4.79 Å².